The average Bonchev–Trinajstić information content (AvgIpc) is 2.17. The van der Waals surface area contributed by atoms with Crippen molar-refractivity contribution < 1.29 is 9.90 Å². The van der Waals surface area contributed by atoms with Crippen LogP contribution >= 0.6 is 0 Å². The molecule has 3 heteroatoms. The second-order valence-corrected chi connectivity index (χ2v) is 5.61. The summed E-state index contributed by atoms with van der Waals surface area (Å²) in [5.74, 6) is 0.726. The highest BCUT2D eigenvalue weighted by molar-refractivity contribution is 5.76. The molecule has 1 aliphatic rings. The first kappa shape index (κ1) is 13.5. The van der Waals surface area contributed by atoms with Gasteiger partial charge in [-0.15, -0.1) is 0 Å². The normalized spacial score (nSPS) is 18.4. The standard InChI is InChI=1S/C13H25NO2/c1-13(2,8-9-15)14-12(16)10-11-6-4-3-5-7-11/h11,15H,3-10H2,1-2H3,(H,14,16). The quantitative estimate of drug-likeness (QED) is 0.756. The minimum absolute atomic E-state index is 0.122. The van der Waals surface area contributed by atoms with E-state index in [0.29, 0.717) is 18.8 Å². The molecular weight excluding hydrogens is 202 g/mol. The minimum atomic E-state index is -0.277. The molecule has 1 fully saturated rings. The molecule has 0 aromatic carbocycles. The Balaban J connectivity index is 2.28. The summed E-state index contributed by atoms with van der Waals surface area (Å²) in [7, 11) is 0. The predicted molar refractivity (Wildman–Crippen MR) is 65.1 cm³/mol. The van der Waals surface area contributed by atoms with Crippen LogP contribution in [0, 0.1) is 5.92 Å². The highest BCUT2D eigenvalue weighted by Gasteiger charge is 2.22. The van der Waals surface area contributed by atoms with Gasteiger partial charge in [-0.3, -0.25) is 4.79 Å². The van der Waals surface area contributed by atoms with Gasteiger partial charge in [0.2, 0.25) is 5.91 Å². The third-order valence-corrected chi connectivity index (χ3v) is 3.41. The van der Waals surface area contributed by atoms with E-state index in [4.69, 9.17) is 5.11 Å². The Morgan fingerprint density at radius 1 is 1.31 bits per heavy atom. The van der Waals surface area contributed by atoms with Crippen LogP contribution in [0.15, 0.2) is 0 Å². The lowest BCUT2D eigenvalue weighted by atomic mass is 9.86. The second-order valence-electron chi connectivity index (χ2n) is 5.61. The fourth-order valence-corrected chi connectivity index (χ4v) is 2.42. The minimum Gasteiger partial charge on any atom is -0.396 e. The van der Waals surface area contributed by atoms with Crippen LogP contribution in [0.5, 0.6) is 0 Å². The molecule has 16 heavy (non-hydrogen) atoms. The zero-order chi connectivity index (χ0) is 12.0. The maximum absolute atomic E-state index is 11.8. The summed E-state index contributed by atoms with van der Waals surface area (Å²) in [5.41, 5.74) is -0.277. The SMILES string of the molecule is CC(C)(CCO)NC(=O)CC1CCCCC1. The van der Waals surface area contributed by atoms with Crippen LogP contribution in [-0.4, -0.2) is 23.2 Å². The number of aliphatic hydroxyl groups excluding tert-OH is 1. The lowest BCUT2D eigenvalue weighted by Gasteiger charge is -2.27. The molecule has 0 aromatic heterocycles. The van der Waals surface area contributed by atoms with Gasteiger partial charge in [0.05, 0.1) is 0 Å². The van der Waals surface area contributed by atoms with Crippen LogP contribution in [0.1, 0.15) is 58.8 Å². The van der Waals surface area contributed by atoms with Gasteiger partial charge in [-0.2, -0.15) is 0 Å². The number of hydrogen-bond donors (Lipinski definition) is 2. The van der Waals surface area contributed by atoms with E-state index < -0.39 is 0 Å². The van der Waals surface area contributed by atoms with E-state index in [1.54, 1.807) is 0 Å². The molecule has 0 atom stereocenters. The molecule has 1 aliphatic carbocycles. The Morgan fingerprint density at radius 3 is 2.50 bits per heavy atom. The second kappa shape index (κ2) is 6.24. The number of nitrogens with one attached hydrogen (secondary N) is 1. The van der Waals surface area contributed by atoms with Crippen LogP contribution in [0.4, 0.5) is 0 Å². The molecule has 1 amide bonds. The van der Waals surface area contributed by atoms with Gasteiger partial charge in [0.15, 0.2) is 0 Å². The van der Waals surface area contributed by atoms with Crippen molar-refractivity contribution in [2.45, 2.75) is 64.3 Å². The molecule has 3 nitrogen and oxygen atoms in total. The third-order valence-electron chi connectivity index (χ3n) is 3.41. The van der Waals surface area contributed by atoms with Crippen molar-refractivity contribution in [3.05, 3.63) is 0 Å². The number of hydrogen-bond acceptors (Lipinski definition) is 2. The van der Waals surface area contributed by atoms with E-state index in [1.165, 1.54) is 32.1 Å². The fourth-order valence-electron chi connectivity index (χ4n) is 2.42. The molecule has 0 spiro atoms. The monoisotopic (exact) mass is 227 g/mol. The molecule has 0 heterocycles. The van der Waals surface area contributed by atoms with Crippen molar-refractivity contribution in [1.82, 2.24) is 5.32 Å². The van der Waals surface area contributed by atoms with E-state index in [2.05, 4.69) is 5.32 Å². The van der Waals surface area contributed by atoms with E-state index in [9.17, 15) is 4.79 Å². The van der Waals surface area contributed by atoms with Crippen molar-refractivity contribution in [3.63, 3.8) is 0 Å². The first-order chi connectivity index (χ1) is 7.53. The Morgan fingerprint density at radius 2 is 1.94 bits per heavy atom. The van der Waals surface area contributed by atoms with E-state index in [0.717, 1.165) is 0 Å². The highest BCUT2D eigenvalue weighted by atomic mass is 16.3. The Labute approximate surface area is 98.6 Å². The maximum atomic E-state index is 11.8. The summed E-state index contributed by atoms with van der Waals surface area (Å²) < 4.78 is 0. The number of aliphatic hydroxyl groups is 1. The smallest absolute Gasteiger partial charge is 0.220 e. The molecule has 1 saturated carbocycles. The molecule has 0 radical (unpaired) electrons. The van der Waals surface area contributed by atoms with Gasteiger partial charge in [0.25, 0.3) is 0 Å². The van der Waals surface area contributed by atoms with Crippen LogP contribution < -0.4 is 5.32 Å². The lowest BCUT2D eigenvalue weighted by molar-refractivity contribution is -0.124. The summed E-state index contributed by atoms with van der Waals surface area (Å²) in [6, 6.07) is 0. The van der Waals surface area contributed by atoms with Crippen molar-refractivity contribution in [3.8, 4) is 0 Å². The summed E-state index contributed by atoms with van der Waals surface area (Å²) in [6.07, 6.45) is 7.56. The number of carbonyl (C=O) groups is 1. The molecule has 0 saturated heterocycles. The summed E-state index contributed by atoms with van der Waals surface area (Å²) in [5, 5.41) is 11.9. The largest absolute Gasteiger partial charge is 0.396 e. The van der Waals surface area contributed by atoms with Gasteiger partial charge in [-0.25, -0.2) is 0 Å². The Hall–Kier alpha value is -0.570. The van der Waals surface area contributed by atoms with Gasteiger partial charge in [0, 0.05) is 18.6 Å². The maximum Gasteiger partial charge on any atom is 0.220 e. The van der Waals surface area contributed by atoms with Crippen LogP contribution in [0.3, 0.4) is 0 Å². The molecule has 0 aromatic rings. The first-order valence-electron chi connectivity index (χ1n) is 6.45. The highest BCUT2D eigenvalue weighted by Crippen LogP contribution is 2.26. The van der Waals surface area contributed by atoms with Gasteiger partial charge in [-0.1, -0.05) is 19.3 Å². The van der Waals surface area contributed by atoms with Crippen LogP contribution in [0.25, 0.3) is 0 Å². The van der Waals surface area contributed by atoms with E-state index in [-0.39, 0.29) is 18.1 Å². The van der Waals surface area contributed by atoms with Crippen LogP contribution in [-0.2, 0) is 4.79 Å². The molecule has 1 rings (SSSR count). The topological polar surface area (TPSA) is 49.3 Å². The molecular formula is C13H25NO2. The Bertz CT molecular complexity index is 220. The zero-order valence-corrected chi connectivity index (χ0v) is 10.6. The van der Waals surface area contributed by atoms with Gasteiger partial charge >= 0.3 is 0 Å². The van der Waals surface area contributed by atoms with Crippen molar-refractivity contribution in [2.75, 3.05) is 6.61 Å². The molecule has 0 aliphatic heterocycles. The lowest BCUT2D eigenvalue weighted by Crippen LogP contribution is -2.44. The summed E-state index contributed by atoms with van der Waals surface area (Å²) in [4.78, 5) is 11.8. The number of rotatable bonds is 5. The van der Waals surface area contributed by atoms with Crippen LogP contribution in [0.2, 0.25) is 0 Å². The zero-order valence-electron chi connectivity index (χ0n) is 10.6. The van der Waals surface area contributed by atoms with Gasteiger partial charge in [0.1, 0.15) is 0 Å². The molecule has 0 unspecified atom stereocenters. The van der Waals surface area contributed by atoms with Crippen molar-refractivity contribution >= 4 is 5.91 Å². The van der Waals surface area contributed by atoms with E-state index >= 15 is 0 Å². The van der Waals surface area contributed by atoms with Gasteiger partial charge in [-0.05, 0) is 39.0 Å². The van der Waals surface area contributed by atoms with Crippen molar-refractivity contribution in [1.29, 1.82) is 0 Å². The molecule has 0 bridgehead atoms. The predicted octanol–water partition coefficient (Wildman–Crippen LogP) is 2.23. The average molecular weight is 227 g/mol. The summed E-state index contributed by atoms with van der Waals surface area (Å²) >= 11 is 0. The number of amides is 1. The first-order valence-corrected chi connectivity index (χ1v) is 6.45. The summed E-state index contributed by atoms with van der Waals surface area (Å²) in [6.45, 7) is 4.04. The fraction of sp³-hybridized carbons (Fsp3) is 0.923. The van der Waals surface area contributed by atoms with E-state index in [1.807, 2.05) is 13.8 Å². The third kappa shape index (κ3) is 4.97. The van der Waals surface area contributed by atoms with Gasteiger partial charge < -0.3 is 10.4 Å². The number of carbonyl (C=O) groups excluding carboxylic acids is 1. The Kier molecular flexibility index (Phi) is 5.26. The molecule has 94 valence electrons. The molecule has 2 N–H and O–H groups in total. The van der Waals surface area contributed by atoms with Crippen molar-refractivity contribution in [2.24, 2.45) is 5.92 Å².